The van der Waals surface area contributed by atoms with Crippen LogP contribution in [0.25, 0.3) is 77.9 Å². The maximum Gasteiger partial charge on any atom is 0.0542 e. The molecular formula is C48H36N2. The van der Waals surface area contributed by atoms with E-state index in [9.17, 15) is 0 Å². The van der Waals surface area contributed by atoms with Gasteiger partial charge >= 0.3 is 0 Å². The lowest BCUT2D eigenvalue weighted by molar-refractivity contribution is 1.13. The SMILES string of the molecule is Cc1ccc(-n2c(-c3ccc(-c4ccccc4)cc3)cc3cc4c(cc(-c5ccc(-c6ccccc6)cc5)n4-c4ccc(C)cc4)cc32)cc1. The third kappa shape index (κ3) is 5.32. The van der Waals surface area contributed by atoms with Crippen LogP contribution in [0.5, 0.6) is 0 Å². The zero-order valence-electron chi connectivity index (χ0n) is 28.2. The Balaban J connectivity index is 1.24. The monoisotopic (exact) mass is 640 g/mol. The first kappa shape index (κ1) is 29.7. The van der Waals surface area contributed by atoms with E-state index in [1.54, 1.807) is 0 Å². The van der Waals surface area contributed by atoms with Gasteiger partial charge in [-0.05, 0) is 95.8 Å². The molecular weight excluding hydrogens is 605 g/mol. The number of rotatable bonds is 6. The quantitative estimate of drug-likeness (QED) is 0.171. The Morgan fingerprint density at radius 1 is 0.300 bits per heavy atom. The number of nitrogens with zero attached hydrogens (tertiary/aromatic N) is 2. The highest BCUT2D eigenvalue weighted by Crippen LogP contribution is 2.39. The first-order valence-corrected chi connectivity index (χ1v) is 17.3. The Morgan fingerprint density at radius 2 is 0.620 bits per heavy atom. The summed E-state index contributed by atoms with van der Waals surface area (Å²) in [5, 5.41) is 2.41. The number of hydrogen-bond donors (Lipinski definition) is 0. The molecule has 50 heavy (non-hydrogen) atoms. The third-order valence-electron chi connectivity index (χ3n) is 9.88. The number of aromatic nitrogens is 2. The van der Waals surface area contributed by atoms with Gasteiger partial charge in [-0.15, -0.1) is 0 Å². The van der Waals surface area contributed by atoms with E-state index >= 15 is 0 Å². The topological polar surface area (TPSA) is 9.86 Å². The Morgan fingerprint density at radius 3 is 0.980 bits per heavy atom. The van der Waals surface area contributed by atoms with Crippen LogP contribution < -0.4 is 0 Å². The summed E-state index contributed by atoms with van der Waals surface area (Å²) in [7, 11) is 0. The molecule has 0 aliphatic rings. The van der Waals surface area contributed by atoms with E-state index in [1.165, 1.54) is 77.7 Å². The van der Waals surface area contributed by atoms with Crippen molar-refractivity contribution >= 4 is 21.8 Å². The second-order valence-corrected chi connectivity index (χ2v) is 13.3. The van der Waals surface area contributed by atoms with Crippen molar-refractivity contribution in [3.05, 3.63) is 193 Å². The largest absolute Gasteiger partial charge is 0.309 e. The highest BCUT2D eigenvalue weighted by molar-refractivity contribution is 6.02. The van der Waals surface area contributed by atoms with Gasteiger partial charge in [0, 0.05) is 22.1 Å². The zero-order chi connectivity index (χ0) is 33.6. The molecule has 2 heteroatoms. The summed E-state index contributed by atoms with van der Waals surface area (Å²) in [6.45, 7) is 4.29. The van der Waals surface area contributed by atoms with Crippen molar-refractivity contribution < 1.29 is 0 Å². The van der Waals surface area contributed by atoms with Crippen LogP contribution in [-0.4, -0.2) is 9.13 Å². The fourth-order valence-corrected chi connectivity index (χ4v) is 7.21. The van der Waals surface area contributed by atoms with Gasteiger partial charge in [-0.25, -0.2) is 0 Å². The van der Waals surface area contributed by atoms with E-state index in [2.05, 4.69) is 205 Å². The van der Waals surface area contributed by atoms with Gasteiger partial charge in [0.15, 0.2) is 0 Å². The highest BCUT2D eigenvalue weighted by Gasteiger charge is 2.18. The summed E-state index contributed by atoms with van der Waals surface area (Å²) >= 11 is 0. The lowest BCUT2D eigenvalue weighted by atomic mass is 10.0. The average Bonchev–Trinajstić information content (AvgIpc) is 3.73. The lowest BCUT2D eigenvalue weighted by Gasteiger charge is -2.13. The molecule has 0 aliphatic heterocycles. The van der Waals surface area contributed by atoms with Crippen molar-refractivity contribution in [2.75, 3.05) is 0 Å². The van der Waals surface area contributed by atoms with Gasteiger partial charge in [0.05, 0.1) is 22.4 Å². The minimum absolute atomic E-state index is 1.15. The van der Waals surface area contributed by atoms with Crippen molar-refractivity contribution in [2.45, 2.75) is 13.8 Å². The minimum Gasteiger partial charge on any atom is -0.309 e. The fraction of sp³-hybridized carbons (Fsp3) is 0.0417. The van der Waals surface area contributed by atoms with Crippen LogP contribution in [0.4, 0.5) is 0 Å². The maximum atomic E-state index is 2.42. The van der Waals surface area contributed by atoms with Crippen LogP contribution in [0, 0.1) is 13.8 Å². The molecule has 0 spiro atoms. The maximum absolute atomic E-state index is 2.42. The molecule has 0 aliphatic carbocycles. The van der Waals surface area contributed by atoms with Gasteiger partial charge in [0.25, 0.3) is 0 Å². The van der Waals surface area contributed by atoms with Crippen molar-refractivity contribution in [3.8, 4) is 56.1 Å². The Bertz CT molecular complexity index is 2400. The Hall–Kier alpha value is -6.38. The van der Waals surface area contributed by atoms with Gasteiger partial charge in [-0.3, -0.25) is 0 Å². The first-order valence-electron chi connectivity index (χ1n) is 17.3. The molecule has 0 saturated carbocycles. The molecule has 0 atom stereocenters. The third-order valence-corrected chi connectivity index (χ3v) is 9.88. The van der Waals surface area contributed by atoms with Crippen LogP contribution >= 0.6 is 0 Å². The van der Waals surface area contributed by atoms with Crippen molar-refractivity contribution in [1.29, 1.82) is 0 Å². The normalized spacial score (nSPS) is 11.4. The molecule has 2 nitrogen and oxygen atoms in total. The molecule has 0 N–H and O–H groups in total. The van der Waals surface area contributed by atoms with E-state index in [-0.39, 0.29) is 0 Å². The average molecular weight is 641 g/mol. The predicted molar refractivity (Wildman–Crippen MR) is 211 cm³/mol. The van der Waals surface area contributed by atoms with Crippen LogP contribution in [0.2, 0.25) is 0 Å². The summed E-state index contributed by atoms with van der Waals surface area (Å²) in [5.41, 5.74) is 16.8. The van der Waals surface area contributed by atoms with Crippen molar-refractivity contribution in [2.24, 2.45) is 0 Å². The molecule has 0 radical (unpaired) electrons. The van der Waals surface area contributed by atoms with Crippen molar-refractivity contribution in [3.63, 3.8) is 0 Å². The summed E-state index contributed by atoms with van der Waals surface area (Å²) in [4.78, 5) is 0. The summed E-state index contributed by atoms with van der Waals surface area (Å²) in [6, 6.07) is 66.3. The van der Waals surface area contributed by atoms with E-state index in [1.807, 2.05) is 0 Å². The second-order valence-electron chi connectivity index (χ2n) is 13.3. The smallest absolute Gasteiger partial charge is 0.0542 e. The Labute approximate surface area is 293 Å². The van der Waals surface area contributed by atoms with E-state index in [0.29, 0.717) is 0 Å². The Kier molecular flexibility index (Phi) is 7.29. The predicted octanol–water partition coefficient (Wildman–Crippen LogP) is 12.9. The van der Waals surface area contributed by atoms with Crippen LogP contribution in [0.15, 0.2) is 182 Å². The first-order chi connectivity index (χ1) is 24.6. The minimum atomic E-state index is 1.15. The fourth-order valence-electron chi connectivity index (χ4n) is 7.21. The molecule has 0 fully saturated rings. The highest BCUT2D eigenvalue weighted by atomic mass is 15.0. The number of hydrogen-bond acceptors (Lipinski definition) is 0. The van der Waals surface area contributed by atoms with Gasteiger partial charge in [0.1, 0.15) is 0 Å². The van der Waals surface area contributed by atoms with Crippen LogP contribution in [0.1, 0.15) is 11.1 Å². The van der Waals surface area contributed by atoms with Crippen LogP contribution in [-0.2, 0) is 0 Å². The molecule has 238 valence electrons. The number of aryl methyl sites for hydroxylation is 2. The molecule has 0 bridgehead atoms. The van der Waals surface area contributed by atoms with Gasteiger partial charge in [-0.1, -0.05) is 145 Å². The van der Waals surface area contributed by atoms with Crippen molar-refractivity contribution in [1.82, 2.24) is 9.13 Å². The number of fused-ring (bicyclic) bond motifs is 2. The zero-order valence-corrected chi connectivity index (χ0v) is 28.2. The molecule has 7 aromatic carbocycles. The molecule has 2 aromatic heterocycles. The number of benzene rings is 7. The van der Waals surface area contributed by atoms with Crippen LogP contribution in [0.3, 0.4) is 0 Å². The lowest BCUT2D eigenvalue weighted by Crippen LogP contribution is -1.98. The second kappa shape index (κ2) is 12.3. The van der Waals surface area contributed by atoms with E-state index in [0.717, 1.165) is 11.4 Å². The molecule has 9 aromatic rings. The summed E-state index contributed by atoms with van der Waals surface area (Å²) in [5.74, 6) is 0. The summed E-state index contributed by atoms with van der Waals surface area (Å²) in [6.07, 6.45) is 0. The van der Waals surface area contributed by atoms with E-state index in [4.69, 9.17) is 0 Å². The van der Waals surface area contributed by atoms with Gasteiger partial charge in [0.2, 0.25) is 0 Å². The standard InChI is InChI=1S/C48H36N2/c1-33-13-25-43(26-14-33)49-45(39-21-17-37(18-22-39)35-9-5-3-6-10-35)29-41-32-48-42(31-47(41)49)30-46(50(48)44-27-15-34(2)16-28-44)40-23-19-38(20-24-40)36-11-7-4-8-12-36/h3-32H,1-2H3. The van der Waals surface area contributed by atoms with Gasteiger partial charge in [-0.2, -0.15) is 0 Å². The van der Waals surface area contributed by atoms with E-state index < -0.39 is 0 Å². The summed E-state index contributed by atoms with van der Waals surface area (Å²) < 4.78 is 4.84. The molecule has 0 saturated heterocycles. The molecule has 0 amide bonds. The molecule has 9 rings (SSSR count). The van der Waals surface area contributed by atoms with Gasteiger partial charge < -0.3 is 9.13 Å². The molecule has 2 heterocycles. The molecule has 0 unspecified atom stereocenters.